The van der Waals surface area contributed by atoms with Gasteiger partial charge in [-0.1, -0.05) is 0 Å². The summed E-state index contributed by atoms with van der Waals surface area (Å²) in [6, 6.07) is 5.74. The highest BCUT2D eigenvalue weighted by molar-refractivity contribution is 5.39. The normalized spacial score (nSPS) is 14.3. The van der Waals surface area contributed by atoms with Crippen LogP contribution in [0.4, 0.5) is 16.3 Å². The van der Waals surface area contributed by atoms with Gasteiger partial charge in [-0.15, -0.1) is 0 Å². The van der Waals surface area contributed by atoms with E-state index in [4.69, 9.17) is 10.6 Å². The summed E-state index contributed by atoms with van der Waals surface area (Å²) in [5, 5.41) is 0. The zero-order valence-corrected chi connectivity index (χ0v) is 11.3. The number of rotatable bonds is 4. The van der Waals surface area contributed by atoms with Crippen LogP contribution >= 0.6 is 0 Å². The van der Waals surface area contributed by atoms with Gasteiger partial charge in [-0.25, -0.2) is 10.2 Å². The Morgan fingerprint density at radius 1 is 1.10 bits per heavy atom. The maximum atomic E-state index is 12.9. The lowest BCUT2D eigenvalue weighted by atomic mass is 10.3. The van der Waals surface area contributed by atoms with E-state index in [-0.39, 0.29) is 17.8 Å². The van der Waals surface area contributed by atoms with E-state index >= 15 is 0 Å². The minimum atomic E-state index is -0.333. The van der Waals surface area contributed by atoms with Gasteiger partial charge >= 0.3 is 6.01 Å². The van der Waals surface area contributed by atoms with E-state index in [1.54, 1.807) is 0 Å². The Morgan fingerprint density at radius 3 is 2.48 bits per heavy atom. The Kier molecular flexibility index (Phi) is 3.78. The summed E-state index contributed by atoms with van der Waals surface area (Å²) >= 11 is 0. The van der Waals surface area contributed by atoms with Crippen molar-refractivity contribution < 1.29 is 9.13 Å². The third-order valence-corrected chi connectivity index (χ3v) is 3.14. The van der Waals surface area contributed by atoms with Crippen LogP contribution in [0.15, 0.2) is 24.3 Å². The van der Waals surface area contributed by atoms with E-state index in [0.717, 1.165) is 25.9 Å². The second-order valence-corrected chi connectivity index (χ2v) is 4.64. The number of nitrogens with one attached hydrogen (secondary N) is 1. The van der Waals surface area contributed by atoms with Gasteiger partial charge in [-0.05, 0) is 37.1 Å². The Balaban J connectivity index is 1.86. The molecular weight excluding hydrogens is 275 g/mol. The van der Waals surface area contributed by atoms with Crippen molar-refractivity contribution in [1.29, 1.82) is 0 Å². The number of ether oxygens (including phenoxy) is 1. The third kappa shape index (κ3) is 3.16. The highest BCUT2D eigenvalue weighted by Crippen LogP contribution is 2.23. The van der Waals surface area contributed by atoms with Gasteiger partial charge in [0.1, 0.15) is 11.6 Å². The number of anilines is 2. The molecule has 1 aliphatic rings. The summed E-state index contributed by atoms with van der Waals surface area (Å²) in [5.41, 5.74) is 2.40. The average molecular weight is 290 g/mol. The number of hydrogen-bond donors (Lipinski definition) is 2. The molecule has 2 heterocycles. The van der Waals surface area contributed by atoms with Gasteiger partial charge in [0.2, 0.25) is 11.9 Å². The molecule has 0 aliphatic carbocycles. The van der Waals surface area contributed by atoms with Crippen molar-refractivity contribution >= 4 is 11.9 Å². The molecule has 2 aromatic rings. The summed E-state index contributed by atoms with van der Waals surface area (Å²) in [6.07, 6.45) is 2.20. The molecule has 0 saturated carbocycles. The number of nitrogens with two attached hydrogens (primary N) is 1. The van der Waals surface area contributed by atoms with Crippen molar-refractivity contribution in [3.05, 3.63) is 30.1 Å². The van der Waals surface area contributed by atoms with Gasteiger partial charge in [0, 0.05) is 13.1 Å². The summed E-state index contributed by atoms with van der Waals surface area (Å²) in [6.45, 7) is 1.79. The zero-order chi connectivity index (χ0) is 14.7. The standard InChI is InChI=1S/C13H15FN6O/c14-9-3-5-10(6-4-9)21-13-17-11(19-15)16-12(18-13)20-7-1-2-8-20/h3-6H,1-2,7-8,15H2,(H,16,17,18,19). The lowest BCUT2D eigenvalue weighted by Gasteiger charge is -2.16. The Hall–Kier alpha value is -2.48. The molecule has 7 nitrogen and oxygen atoms in total. The number of halogens is 1. The molecule has 0 spiro atoms. The molecule has 3 N–H and O–H groups in total. The first-order valence-electron chi connectivity index (χ1n) is 6.65. The molecule has 3 rings (SSSR count). The number of benzene rings is 1. The summed E-state index contributed by atoms with van der Waals surface area (Å²) < 4.78 is 18.4. The van der Waals surface area contributed by atoms with E-state index in [0.29, 0.717) is 11.7 Å². The molecule has 0 atom stereocenters. The molecule has 1 aliphatic heterocycles. The number of hydrazine groups is 1. The van der Waals surface area contributed by atoms with Crippen molar-refractivity contribution in [2.75, 3.05) is 23.4 Å². The van der Waals surface area contributed by atoms with Crippen LogP contribution in [0.2, 0.25) is 0 Å². The molecule has 1 fully saturated rings. The first-order valence-corrected chi connectivity index (χ1v) is 6.65. The lowest BCUT2D eigenvalue weighted by molar-refractivity contribution is 0.439. The molecule has 1 aromatic heterocycles. The van der Waals surface area contributed by atoms with Crippen LogP contribution in [-0.4, -0.2) is 28.0 Å². The van der Waals surface area contributed by atoms with E-state index in [9.17, 15) is 4.39 Å². The lowest BCUT2D eigenvalue weighted by Crippen LogP contribution is -2.22. The van der Waals surface area contributed by atoms with Crippen molar-refractivity contribution in [2.45, 2.75) is 12.8 Å². The average Bonchev–Trinajstić information content (AvgIpc) is 3.04. The third-order valence-electron chi connectivity index (χ3n) is 3.14. The molecule has 0 radical (unpaired) electrons. The van der Waals surface area contributed by atoms with Gasteiger partial charge < -0.3 is 9.64 Å². The Bertz CT molecular complexity index is 615. The molecule has 1 saturated heterocycles. The predicted molar refractivity (Wildman–Crippen MR) is 75.6 cm³/mol. The zero-order valence-electron chi connectivity index (χ0n) is 11.3. The highest BCUT2D eigenvalue weighted by Gasteiger charge is 2.18. The van der Waals surface area contributed by atoms with E-state index < -0.39 is 0 Å². The van der Waals surface area contributed by atoms with Crippen LogP contribution in [0.3, 0.4) is 0 Å². The maximum absolute atomic E-state index is 12.9. The van der Waals surface area contributed by atoms with Crippen molar-refractivity contribution in [2.24, 2.45) is 5.84 Å². The van der Waals surface area contributed by atoms with Gasteiger partial charge in [-0.2, -0.15) is 15.0 Å². The summed E-state index contributed by atoms with van der Waals surface area (Å²) in [7, 11) is 0. The molecule has 110 valence electrons. The van der Waals surface area contributed by atoms with Crippen molar-refractivity contribution in [3.63, 3.8) is 0 Å². The first kappa shape index (κ1) is 13.5. The van der Waals surface area contributed by atoms with Crippen LogP contribution in [-0.2, 0) is 0 Å². The molecule has 0 unspecified atom stereocenters. The first-order chi connectivity index (χ1) is 10.2. The number of aromatic nitrogens is 3. The smallest absolute Gasteiger partial charge is 0.328 e. The van der Waals surface area contributed by atoms with Crippen LogP contribution in [0.1, 0.15) is 12.8 Å². The number of nitrogen functional groups attached to an aromatic ring is 1. The van der Waals surface area contributed by atoms with Crippen LogP contribution < -0.4 is 20.9 Å². The molecule has 21 heavy (non-hydrogen) atoms. The minimum absolute atomic E-state index is 0.117. The molecule has 1 aromatic carbocycles. The second kappa shape index (κ2) is 5.88. The largest absolute Gasteiger partial charge is 0.424 e. The Labute approximate surface area is 121 Å². The van der Waals surface area contributed by atoms with Gasteiger partial charge in [0.05, 0.1) is 0 Å². The van der Waals surface area contributed by atoms with E-state index in [1.165, 1.54) is 24.3 Å². The number of hydrogen-bond acceptors (Lipinski definition) is 7. The monoisotopic (exact) mass is 290 g/mol. The predicted octanol–water partition coefficient (Wildman–Crippen LogP) is 1.69. The number of nitrogens with zero attached hydrogens (tertiary/aromatic N) is 4. The minimum Gasteiger partial charge on any atom is -0.424 e. The van der Waals surface area contributed by atoms with Crippen molar-refractivity contribution in [3.8, 4) is 11.8 Å². The molecular formula is C13H15FN6O. The maximum Gasteiger partial charge on any atom is 0.328 e. The van der Waals surface area contributed by atoms with E-state index in [1.807, 2.05) is 4.90 Å². The van der Waals surface area contributed by atoms with Crippen molar-refractivity contribution in [1.82, 2.24) is 15.0 Å². The van der Waals surface area contributed by atoms with Gasteiger partial charge in [-0.3, -0.25) is 5.43 Å². The molecule has 0 bridgehead atoms. The summed E-state index contributed by atoms with van der Waals surface area (Å²) in [5.74, 6) is 6.23. The highest BCUT2D eigenvalue weighted by atomic mass is 19.1. The Morgan fingerprint density at radius 2 is 1.81 bits per heavy atom. The molecule has 8 heteroatoms. The fourth-order valence-corrected chi connectivity index (χ4v) is 2.12. The summed E-state index contributed by atoms with van der Waals surface area (Å²) in [4.78, 5) is 14.6. The fraction of sp³-hybridized carbons (Fsp3) is 0.308. The van der Waals surface area contributed by atoms with E-state index in [2.05, 4.69) is 20.4 Å². The second-order valence-electron chi connectivity index (χ2n) is 4.64. The SMILES string of the molecule is NNc1nc(Oc2ccc(F)cc2)nc(N2CCCC2)n1. The fourth-order valence-electron chi connectivity index (χ4n) is 2.12. The van der Waals surface area contributed by atoms with Crippen LogP contribution in [0, 0.1) is 5.82 Å². The van der Waals surface area contributed by atoms with Gasteiger partial charge in [0.15, 0.2) is 0 Å². The van der Waals surface area contributed by atoms with Crippen LogP contribution in [0.5, 0.6) is 11.8 Å². The van der Waals surface area contributed by atoms with Crippen LogP contribution in [0.25, 0.3) is 0 Å². The van der Waals surface area contributed by atoms with Gasteiger partial charge in [0.25, 0.3) is 0 Å². The molecule has 0 amide bonds. The quantitative estimate of drug-likeness (QED) is 0.654. The topological polar surface area (TPSA) is 89.2 Å².